The van der Waals surface area contributed by atoms with Crippen LogP contribution < -0.4 is 4.90 Å². The zero-order chi connectivity index (χ0) is 27.4. The zero-order valence-electron chi connectivity index (χ0n) is 20.5. The van der Waals surface area contributed by atoms with Gasteiger partial charge in [-0.3, -0.25) is 9.47 Å². The van der Waals surface area contributed by atoms with Crippen molar-refractivity contribution in [3.63, 3.8) is 0 Å². The van der Waals surface area contributed by atoms with Crippen LogP contribution in [0.2, 0.25) is 5.02 Å². The van der Waals surface area contributed by atoms with E-state index in [0.717, 1.165) is 24.6 Å². The van der Waals surface area contributed by atoms with E-state index in [4.69, 9.17) is 11.6 Å². The van der Waals surface area contributed by atoms with Gasteiger partial charge in [0.05, 0.1) is 12.2 Å². The van der Waals surface area contributed by atoms with Crippen molar-refractivity contribution < 1.29 is 26.3 Å². The van der Waals surface area contributed by atoms with E-state index >= 15 is 0 Å². The van der Waals surface area contributed by atoms with Crippen molar-refractivity contribution in [1.82, 2.24) is 24.6 Å². The van der Waals surface area contributed by atoms with E-state index in [9.17, 15) is 26.3 Å². The summed E-state index contributed by atoms with van der Waals surface area (Å²) in [4.78, 5) is 7.08. The van der Waals surface area contributed by atoms with Gasteiger partial charge in [0.1, 0.15) is 22.9 Å². The first-order chi connectivity index (χ1) is 18.4. The van der Waals surface area contributed by atoms with E-state index in [-0.39, 0.29) is 37.3 Å². The molecule has 1 spiro atoms. The molecule has 1 aromatic carbocycles. The predicted molar refractivity (Wildman–Crippen MR) is 129 cm³/mol. The Balaban J connectivity index is 1.13. The van der Waals surface area contributed by atoms with Gasteiger partial charge in [-0.25, -0.2) is 4.98 Å². The second-order valence-corrected chi connectivity index (χ2v) is 11.7. The predicted octanol–water partition coefficient (Wildman–Crippen LogP) is 6.13. The monoisotopic (exact) mass is 568 g/mol. The number of anilines is 1. The van der Waals surface area contributed by atoms with Crippen LogP contribution in [0.4, 0.5) is 32.2 Å². The minimum atomic E-state index is -4.50. The minimum Gasteiger partial charge on any atom is -0.355 e. The molecule has 7 rings (SSSR count). The molecule has 6 nitrogen and oxygen atoms in total. The number of hydrogen-bond acceptors (Lipinski definition) is 5. The van der Waals surface area contributed by atoms with Crippen molar-refractivity contribution >= 4 is 17.4 Å². The molecule has 0 amide bonds. The molecule has 4 aliphatic rings. The second-order valence-electron chi connectivity index (χ2n) is 11.3. The highest BCUT2D eigenvalue weighted by Crippen LogP contribution is 2.58. The largest absolute Gasteiger partial charge is 0.433 e. The van der Waals surface area contributed by atoms with Crippen molar-refractivity contribution in [2.45, 2.75) is 62.6 Å². The fraction of sp³-hybridized carbons (Fsp3) is 0.500. The number of rotatable bonds is 3. The van der Waals surface area contributed by atoms with Crippen LogP contribution in [-0.4, -0.2) is 49.5 Å². The number of pyridine rings is 1. The summed E-state index contributed by atoms with van der Waals surface area (Å²) in [5.41, 5.74) is -1.40. The summed E-state index contributed by atoms with van der Waals surface area (Å²) in [7, 11) is 0. The molecule has 3 aromatic rings. The van der Waals surface area contributed by atoms with Crippen molar-refractivity contribution in [2.24, 2.45) is 5.41 Å². The maximum Gasteiger partial charge on any atom is 0.433 e. The average molecular weight is 569 g/mol. The summed E-state index contributed by atoms with van der Waals surface area (Å²) in [5, 5.41) is 9.24. The van der Waals surface area contributed by atoms with Gasteiger partial charge in [0.15, 0.2) is 5.82 Å². The van der Waals surface area contributed by atoms with E-state index in [1.165, 1.54) is 11.0 Å². The fourth-order valence-corrected chi connectivity index (χ4v) is 6.79. The Hall–Kier alpha value is -2.86. The van der Waals surface area contributed by atoms with Crippen LogP contribution in [-0.2, 0) is 19.3 Å². The molecule has 0 N–H and O–H groups in total. The van der Waals surface area contributed by atoms with E-state index in [0.29, 0.717) is 41.1 Å². The molecule has 0 bridgehead atoms. The highest BCUT2D eigenvalue weighted by Gasteiger charge is 2.67. The van der Waals surface area contributed by atoms with Crippen LogP contribution in [0, 0.1) is 5.41 Å². The van der Waals surface area contributed by atoms with Gasteiger partial charge in [0, 0.05) is 36.0 Å². The maximum absolute atomic E-state index is 14.0. The number of benzene rings is 1. The Morgan fingerprint density at radius 3 is 2.33 bits per heavy atom. The van der Waals surface area contributed by atoms with E-state index < -0.39 is 23.6 Å². The standard InChI is InChI=1S/C26H23ClF6N6/c27-17-4-5-18-15(8-17)11-38(24(6-7-24)26(31,32)33)12-21-35-36-22(39(18)21)16-9-23(10-16)13-37(14-23)20-3-1-2-19(34-20)25(28,29)30/h1-5,8,16H,6-7,9-14H2. The van der Waals surface area contributed by atoms with Crippen LogP contribution in [0.5, 0.6) is 0 Å². The van der Waals surface area contributed by atoms with Gasteiger partial charge in [0.2, 0.25) is 0 Å². The topological polar surface area (TPSA) is 50.1 Å². The lowest BCUT2D eigenvalue weighted by Gasteiger charge is -2.59. The summed E-state index contributed by atoms with van der Waals surface area (Å²) in [5.74, 6) is 1.51. The lowest BCUT2D eigenvalue weighted by molar-refractivity contribution is -0.200. The van der Waals surface area contributed by atoms with Gasteiger partial charge in [-0.1, -0.05) is 17.7 Å². The molecule has 1 saturated heterocycles. The molecule has 2 aliphatic carbocycles. The fourth-order valence-electron chi connectivity index (χ4n) is 6.60. The van der Waals surface area contributed by atoms with Crippen LogP contribution in [0.15, 0.2) is 36.4 Å². The Labute approximate surface area is 224 Å². The number of aromatic nitrogens is 4. The minimum absolute atomic E-state index is 0.0195. The van der Waals surface area contributed by atoms with Crippen LogP contribution in [0.1, 0.15) is 54.5 Å². The number of fused-ring (bicyclic) bond motifs is 3. The zero-order valence-corrected chi connectivity index (χ0v) is 21.3. The number of alkyl halides is 6. The third kappa shape index (κ3) is 3.93. The van der Waals surface area contributed by atoms with Crippen molar-refractivity contribution in [3.8, 4) is 5.69 Å². The van der Waals surface area contributed by atoms with Gasteiger partial charge in [0.25, 0.3) is 0 Å². The third-order valence-corrected chi connectivity index (χ3v) is 8.95. The summed E-state index contributed by atoms with van der Waals surface area (Å²) in [6, 6.07) is 9.14. The molecule has 2 saturated carbocycles. The van der Waals surface area contributed by atoms with Gasteiger partial charge >= 0.3 is 12.4 Å². The second kappa shape index (κ2) is 8.09. The SMILES string of the molecule is FC(F)(F)c1cccc(N2CC3(CC(c4nnc5n4-c4ccc(Cl)cc4CN(C4(C(F)(F)F)CC4)C5)C3)C2)n1. The first kappa shape index (κ1) is 25.1. The molecule has 2 aliphatic heterocycles. The third-order valence-electron chi connectivity index (χ3n) is 8.71. The first-order valence-corrected chi connectivity index (χ1v) is 13.1. The van der Waals surface area contributed by atoms with Crippen molar-refractivity contribution in [1.29, 1.82) is 0 Å². The number of halogens is 7. The number of hydrogen-bond donors (Lipinski definition) is 0. The Morgan fingerprint density at radius 2 is 1.67 bits per heavy atom. The Kier molecular flexibility index (Phi) is 5.21. The van der Waals surface area contributed by atoms with E-state index in [1.807, 2.05) is 15.5 Å². The molecule has 0 unspecified atom stereocenters. The highest BCUT2D eigenvalue weighted by atomic mass is 35.5. The van der Waals surface area contributed by atoms with Crippen molar-refractivity contribution in [2.75, 3.05) is 18.0 Å². The lowest BCUT2D eigenvalue weighted by atomic mass is 9.57. The quantitative estimate of drug-likeness (QED) is 0.356. The molecule has 0 radical (unpaired) electrons. The van der Waals surface area contributed by atoms with Crippen molar-refractivity contribution in [3.05, 3.63) is 64.3 Å². The molecule has 0 atom stereocenters. The average Bonchev–Trinajstić information content (AvgIpc) is 3.56. The normalized spacial score (nSPS) is 22.1. The smallest absolute Gasteiger partial charge is 0.355 e. The Bertz CT molecular complexity index is 1450. The van der Waals surface area contributed by atoms with Gasteiger partial charge in [-0.15, -0.1) is 10.2 Å². The number of nitrogens with zero attached hydrogens (tertiary/aromatic N) is 6. The summed E-state index contributed by atoms with van der Waals surface area (Å²) < 4.78 is 83.2. The van der Waals surface area contributed by atoms with E-state index in [1.54, 1.807) is 18.2 Å². The van der Waals surface area contributed by atoms with Crippen LogP contribution in [0.25, 0.3) is 5.69 Å². The molecular weight excluding hydrogens is 546 g/mol. The first-order valence-electron chi connectivity index (χ1n) is 12.7. The Morgan fingerprint density at radius 1 is 0.923 bits per heavy atom. The maximum atomic E-state index is 14.0. The molecule has 3 fully saturated rings. The lowest BCUT2D eigenvalue weighted by Crippen LogP contribution is -2.62. The molecular formula is C26H23ClF6N6. The molecule has 206 valence electrons. The van der Waals surface area contributed by atoms with Gasteiger partial charge in [-0.05, 0) is 61.6 Å². The highest BCUT2D eigenvalue weighted by molar-refractivity contribution is 6.30. The summed E-state index contributed by atoms with van der Waals surface area (Å²) in [6.07, 6.45) is -7.22. The van der Waals surface area contributed by atoms with E-state index in [2.05, 4.69) is 15.2 Å². The van der Waals surface area contributed by atoms with Crippen LogP contribution in [0.3, 0.4) is 0 Å². The summed E-state index contributed by atoms with van der Waals surface area (Å²) >= 11 is 6.25. The van der Waals surface area contributed by atoms with Crippen LogP contribution >= 0.6 is 11.6 Å². The molecule has 39 heavy (non-hydrogen) atoms. The van der Waals surface area contributed by atoms with Gasteiger partial charge < -0.3 is 4.90 Å². The van der Waals surface area contributed by atoms with Gasteiger partial charge in [-0.2, -0.15) is 26.3 Å². The molecule has 2 aromatic heterocycles. The summed E-state index contributed by atoms with van der Waals surface area (Å²) in [6.45, 7) is 1.30. The molecule has 4 heterocycles. The molecule has 13 heteroatoms.